The minimum Gasteiger partial charge on any atom is -0.481 e. The first-order valence-electron chi connectivity index (χ1n) is 10.5. The number of carbonyl (C=O) groups excluding carboxylic acids is 2. The maximum atomic E-state index is 12.4. The van der Waals surface area contributed by atoms with Gasteiger partial charge in [0.1, 0.15) is 0 Å². The summed E-state index contributed by atoms with van der Waals surface area (Å²) in [5.74, 6) is -1.82. The van der Waals surface area contributed by atoms with Gasteiger partial charge in [0.2, 0.25) is 0 Å². The molecule has 0 aromatic heterocycles. The first kappa shape index (κ1) is 24.0. The Balaban J connectivity index is 1.98. The van der Waals surface area contributed by atoms with E-state index in [-0.39, 0.29) is 31.3 Å². The van der Waals surface area contributed by atoms with Gasteiger partial charge in [-0.1, -0.05) is 49.9 Å². The van der Waals surface area contributed by atoms with Crippen molar-refractivity contribution >= 4 is 29.6 Å². The number of halogens is 1. The van der Waals surface area contributed by atoms with Crippen LogP contribution in [-0.4, -0.2) is 36.0 Å². The SMILES string of the molecule is CCCC(=O)OC(OC(=O)NC[C@H](CC(=O)O)c1ccc(Cl)cc1)C1CCCCC1. The number of carbonyl (C=O) groups is 3. The van der Waals surface area contributed by atoms with E-state index < -0.39 is 24.3 Å². The van der Waals surface area contributed by atoms with Crippen molar-refractivity contribution < 1.29 is 29.0 Å². The Morgan fingerprint density at radius 1 is 1.13 bits per heavy atom. The molecule has 1 saturated carbocycles. The van der Waals surface area contributed by atoms with Crippen molar-refractivity contribution in [1.82, 2.24) is 5.32 Å². The summed E-state index contributed by atoms with van der Waals surface area (Å²) in [7, 11) is 0. The van der Waals surface area contributed by atoms with Gasteiger partial charge in [-0.15, -0.1) is 0 Å². The van der Waals surface area contributed by atoms with Gasteiger partial charge in [0, 0.05) is 29.8 Å². The van der Waals surface area contributed by atoms with E-state index >= 15 is 0 Å². The van der Waals surface area contributed by atoms with Gasteiger partial charge in [0.15, 0.2) is 0 Å². The van der Waals surface area contributed by atoms with E-state index in [0.29, 0.717) is 11.4 Å². The largest absolute Gasteiger partial charge is 0.481 e. The van der Waals surface area contributed by atoms with Crippen LogP contribution < -0.4 is 5.32 Å². The standard InChI is InChI=1S/C22H30ClNO6/c1-2-6-20(27)29-21(16-7-4-3-5-8-16)30-22(28)24-14-17(13-19(25)26)15-9-11-18(23)12-10-15/h9-12,16-17,21H,2-8,13-14H2,1H3,(H,24,28)(H,25,26)/t17-,21?/m0/s1. The van der Waals surface area contributed by atoms with Crippen LogP contribution in [0.15, 0.2) is 24.3 Å². The highest BCUT2D eigenvalue weighted by Crippen LogP contribution is 2.29. The predicted molar refractivity (Wildman–Crippen MR) is 112 cm³/mol. The molecule has 1 unspecified atom stereocenters. The fourth-order valence-electron chi connectivity index (χ4n) is 3.62. The number of nitrogens with one attached hydrogen (secondary N) is 1. The van der Waals surface area contributed by atoms with Crippen LogP contribution in [0.3, 0.4) is 0 Å². The molecule has 0 bridgehead atoms. The Hall–Kier alpha value is -2.28. The van der Waals surface area contributed by atoms with Crippen LogP contribution in [0.4, 0.5) is 4.79 Å². The number of carboxylic acids is 1. The van der Waals surface area contributed by atoms with E-state index in [1.165, 1.54) is 0 Å². The minimum absolute atomic E-state index is 0.0172. The van der Waals surface area contributed by atoms with Crippen LogP contribution in [-0.2, 0) is 19.1 Å². The van der Waals surface area contributed by atoms with Crippen molar-refractivity contribution in [1.29, 1.82) is 0 Å². The lowest BCUT2D eigenvalue weighted by Gasteiger charge is -2.29. The zero-order valence-electron chi connectivity index (χ0n) is 17.3. The molecule has 166 valence electrons. The van der Waals surface area contributed by atoms with Crippen LogP contribution in [0, 0.1) is 5.92 Å². The van der Waals surface area contributed by atoms with Gasteiger partial charge in [-0.3, -0.25) is 9.59 Å². The Morgan fingerprint density at radius 2 is 1.80 bits per heavy atom. The first-order chi connectivity index (χ1) is 14.4. The van der Waals surface area contributed by atoms with Gasteiger partial charge in [-0.05, 0) is 37.0 Å². The second-order valence-corrected chi connectivity index (χ2v) is 8.08. The van der Waals surface area contributed by atoms with E-state index in [9.17, 15) is 19.5 Å². The van der Waals surface area contributed by atoms with E-state index in [0.717, 1.165) is 37.7 Å². The molecule has 8 heteroatoms. The number of aliphatic carboxylic acids is 1. The molecule has 30 heavy (non-hydrogen) atoms. The van der Waals surface area contributed by atoms with Crippen molar-refractivity contribution in [3.63, 3.8) is 0 Å². The molecule has 0 radical (unpaired) electrons. The fraction of sp³-hybridized carbons (Fsp3) is 0.591. The number of amides is 1. The van der Waals surface area contributed by atoms with E-state index in [2.05, 4.69) is 5.32 Å². The number of alkyl carbamates (subject to hydrolysis) is 1. The molecule has 0 saturated heterocycles. The maximum Gasteiger partial charge on any atom is 0.410 e. The molecule has 7 nitrogen and oxygen atoms in total. The average Bonchev–Trinajstić information content (AvgIpc) is 2.72. The fourth-order valence-corrected chi connectivity index (χ4v) is 3.75. The number of hydrogen-bond acceptors (Lipinski definition) is 5. The molecular formula is C22H30ClNO6. The Morgan fingerprint density at radius 3 is 2.40 bits per heavy atom. The zero-order valence-corrected chi connectivity index (χ0v) is 18.0. The number of esters is 1. The molecule has 0 spiro atoms. The highest BCUT2D eigenvalue weighted by atomic mass is 35.5. The molecule has 0 aliphatic heterocycles. The van der Waals surface area contributed by atoms with Crippen LogP contribution in [0.5, 0.6) is 0 Å². The molecule has 1 aliphatic carbocycles. The Bertz CT molecular complexity index is 702. The molecule has 1 aliphatic rings. The quantitative estimate of drug-likeness (QED) is 0.398. The van der Waals surface area contributed by atoms with Gasteiger partial charge in [-0.25, -0.2) is 4.79 Å². The van der Waals surface area contributed by atoms with E-state index in [1.807, 2.05) is 6.92 Å². The summed E-state index contributed by atoms with van der Waals surface area (Å²) in [5, 5.41) is 12.4. The van der Waals surface area contributed by atoms with Crippen LogP contribution in [0.1, 0.15) is 69.8 Å². The summed E-state index contributed by atoms with van der Waals surface area (Å²) in [5.41, 5.74) is 0.750. The topological polar surface area (TPSA) is 102 Å². The monoisotopic (exact) mass is 439 g/mol. The van der Waals surface area contributed by atoms with Crippen molar-refractivity contribution in [2.45, 2.75) is 70.5 Å². The lowest BCUT2D eigenvalue weighted by atomic mass is 9.89. The summed E-state index contributed by atoms with van der Waals surface area (Å²) in [6.45, 7) is 1.96. The zero-order chi connectivity index (χ0) is 21.9. The third-order valence-corrected chi connectivity index (χ3v) is 5.47. The summed E-state index contributed by atoms with van der Waals surface area (Å²) >= 11 is 5.90. The number of ether oxygens (including phenoxy) is 2. The van der Waals surface area contributed by atoms with Gasteiger partial charge in [-0.2, -0.15) is 0 Å². The summed E-state index contributed by atoms with van der Waals surface area (Å²) in [4.78, 5) is 35.6. The first-order valence-corrected chi connectivity index (χ1v) is 10.9. The highest BCUT2D eigenvalue weighted by Gasteiger charge is 2.30. The summed E-state index contributed by atoms with van der Waals surface area (Å²) in [6.07, 6.45) is 3.94. The van der Waals surface area contributed by atoms with Gasteiger partial charge in [0.25, 0.3) is 6.29 Å². The lowest BCUT2D eigenvalue weighted by molar-refractivity contribution is -0.179. The molecule has 1 aromatic carbocycles. The number of hydrogen-bond donors (Lipinski definition) is 2. The molecule has 0 heterocycles. The average molecular weight is 440 g/mol. The molecule has 2 N–H and O–H groups in total. The van der Waals surface area contributed by atoms with Gasteiger partial charge >= 0.3 is 18.0 Å². The van der Waals surface area contributed by atoms with Crippen molar-refractivity contribution in [2.75, 3.05) is 6.54 Å². The second-order valence-electron chi connectivity index (χ2n) is 7.64. The normalized spacial score (nSPS) is 16.3. The smallest absolute Gasteiger partial charge is 0.410 e. The minimum atomic E-state index is -0.973. The molecular weight excluding hydrogens is 410 g/mol. The second kappa shape index (κ2) is 12.4. The maximum absolute atomic E-state index is 12.4. The molecule has 1 fully saturated rings. The van der Waals surface area contributed by atoms with Crippen molar-refractivity contribution in [3.8, 4) is 0 Å². The number of benzene rings is 1. The van der Waals surface area contributed by atoms with Gasteiger partial charge in [0.05, 0.1) is 6.42 Å². The lowest BCUT2D eigenvalue weighted by Crippen LogP contribution is -2.38. The van der Waals surface area contributed by atoms with Crippen LogP contribution in [0.25, 0.3) is 0 Å². The number of rotatable bonds is 10. The Labute approximate surface area is 182 Å². The van der Waals surface area contributed by atoms with Crippen LogP contribution >= 0.6 is 11.6 Å². The number of carboxylic acid groups (broad SMARTS) is 1. The van der Waals surface area contributed by atoms with E-state index in [1.54, 1.807) is 24.3 Å². The van der Waals surface area contributed by atoms with Crippen molar-refractivity contribution in [3.05, 3.63) is 34.9 Å². The van der Waals surface area contributed by atoms with Gasteiger partial charge < -0.3 is 19.9 Å². The highest BCUT2D eigenvalue weighted by molar-refractivity contribution is 6.30. The molecule has 2 atom stereocenters. The summed E-state index contributed by atoms with van der Waals surface area (Å²) in [6, 6.07) is 6.83. The third kappa shape index (κ3) is 8.22. The molecule has 1 aromatic rings. The van der Waals surface area contributed by atoms with E-state index in [4.69, 9.17) is 21.1 Å². The van der Waals surface area contributed by atoms with Crippen LogP contribution in [0.2, 0.25) is 5.02 Å². The Kier molecular flexibility index (Phi) is 9.94. The summed E-state index contributed by atoms with van der Waals surface area (Å²) < 4.78 is 10.9. The molecule has 2 rings (SSSR count). The molecule has 1 amide bonds. The van der Waals surface area contributed by atoms with Crippen molar-refractivity contribution in [2.24, 2.45) is 5.92 Å². The predicted octanol–water partition coefficient (Wildman–Crippen LogP) is 4.87. The third-order valence-electron chi connectivity index (χ3n) is 5.21.